The molecule has 0 amide bonds. The molecule has 3 heterocycles. The molecule has 0 fully saturated rings. The quantitative estimate of drug-likeness (QED) is 0.356. The third-order valence-electron chi connectivity index (χ3n) is 4.89. The highest BCUT2D eigenvalue weighted by Crippen LogP contribution is 2.30. The van der Waals surface area contributed by atoms with Gasteiger partial charge in [-0.15, -0.1) is 0 Å². The van der Waals surface area contributed by atoms with E-state index in [9.17, 15) is 12.8 Å². The van der Waals surface area contributed by atoms with Crippen LogP contribution in [-0.2, 0) is 10.0 Å². The van der Waals surface area contributed by atoms with Crippen LogP contribution >= 0.6 is 0 Å². The van der Waals surface area contributed by atoms with Gasteiger partial charge in [0.25, 0.3) is 0 Å². The molecule has 4 rings (SSSR count). The minimum atomic E-state index is -3.91. The normalized spacial score (nSPS) is 11.6. The molecule has 0 saturated heterocycles. The molecule has 13 heteroatoms. The Morgan fingerprint density at radius 2 is 1.82 bits per heavy atom. The number of benzene rings is 1. The smallest absolute Gasteiger partial charge is 0.232 e. The van der Waals surface area contributed by atoms with Crippen LogP contribution in [0.3, 0.4) is 0 Å². The molecule has 4 aromatic rings. The largest absolute Gasteiger partial charge is 0.382 e. The Kier molecular flexibility index (Phi) is 6.20. The molecule has 0 saturated carbocycles. The van der Waals surface area contributed by atoms with Gasteiger partial charge in [0.05, 0.1) is 40.6 Å². The molecule has 0 spiro atoms. The predicted octanol–water partition coefficient (Wildman–Crippen LogP) is 2.86. The summed E-state index contributed by atoms with van der Waals surface area (Å²) in [5.74, 6) is -0.829. The van der Waals surface area contributed by atoms with E-state index in [1.807, 2.05) is 0 Å². The monoisotopic (exact) mass is 486 g/mol. The standard InChI is InChI=1S/C21H20F2N8O2S/c1-11-13(10-26-21(25)27-11)20-29-16-7-6-14(28-18(16)19(24)30-20)12-4-2-5-15(17(12)23)31-34(32,33)9-3-8-22/h2,4-7,10,31H,3,8-9H2,1H3,(H2,24,29,30)(H2,25,26,27). The summed E-state index contributed by atoms with van der Waals surface area (Å²) in [6.45, 7) is 0.945. The first-order valence-corrected chi connectivity index (χ1v) is 11.7. The zero-order chi connectivity index (χ0) is 24.5. The van der Waals surface area contributed by atoms with Crippen LogP contribution in [0, 0.1) is 12.7 Å². The van der Waals surface area contributed by atoms with Gasteiger partial charge in [0, 0.05) is 11.8 Å². The third kappa shape index (κ3) is 4.69. The minimum absolute atomic E-state index is 0.0406. The maximum Gasteiger partial charge on any atom is 0.232 e. The van der Waals surface area contributed by atoms with E-state index in [1.165, 1.54) is 30.5 Å². The SMILES string of the molecule is Cc1nc(N)ncc1-c1nc(N)c2nc(-c3cccc(NS(=O)(=O)CCCF)c3F)ccc2n1. The lowest BCUT2D eigenvalue weighted by Gasteiger charge is -2.12. The van der Waals surface area contributed by atoms with Crippen LogP contribution in [0.5, 0.6) is 0 Å². The van der Waals surface area contributed by atoms with Crippen LogP contribution in [0.2, 0.25) is 0 Å². The van der Waals surface area contributed by atoms with Crippen molar-refractivity contribution in [2.75, 3.05) is 28.6 Å². The molecule has 10 nitrogen and oxygen atoms in total. The molecule has 0 aliphatic heterocycles. The number of halogens is 2. The summed E-state index contributed by atoms with van der Waals surface area (Å²) in [5, 5.41) is 0. The van der Waals surface area contributed by atoms with E-state index in [2.05, 4.69) is 29.6 Å². The Labute approximate surface area is 193 Å². The van der Waals surface area contributed by atoms with Gasteiger partial charge in [-0.3, -0.25) is 9.11 Å². The van der Waals surface area contributed by atoms with Crippen LogP contribution in [0.4, 0.5) is 26.2 Å². The summed E-state index contributed by atoms with van der Waals surface area (Å²) in [6.07, 6.45) is 1.31. The first-order valence-electron chi connectivity index (χ1n) is 10.1. The van der Waals surface area contributed by atoms with Crippen LogP contribution in [0.25, 0.3) is 33.7 Å². The number of nitrogens with one attached hydrogen (secondary N) is 1. The Bertz CT molecular complexity index is 1500. The lowest BCUT2D eigenvalue weighted by Crippen LogP contribution is -2.18. The summed E-state index contributed by atoms with van der Waals surface area (Å²) in [5.41, 5.74) is 13.5. The lowest BCUT2D eigenvalue weighted by molar-refractivity contribution is 0.484. The van der Waals surface area contributed by atoms with Gasteiger partial charge in [-0.25, -0.2) is 37.7 Å². The average Bonchev–Trinajstić information content (AvgIpc) is 2.79. The summed E-state index contributed by atoms with van der Waals surface area (Å²) < 4.78 is 53.8. The highest BCUT2D eigenvalue weighted by molar-refractivity contribution is 7.92. The molecule has 1 aromatic carbocycles. The Morgan fingerprint density at radius 3 is 2.56 bits per heavy atom. The minimum Gasteiger partial charge on any atom is -0.382 e. The van der Waals surface area contributed by atoms with Crippen molar-refractivity contribution in [2.45, 2.75) is 13.3 Å². The first kappa shape index (κ1) is 23.2. The number of nitrogens with zero attached hydrogens (tertiary/aromatic N) is 5. The summed E-state index contributed by atoms with van der Waals surface area (Å²) in [4.78, 5) is 21.2. The van der Waals surface area contributed by atoms with E-state index in [0.29, 0.717) is 16.8 Å². The first-order chi connectivity index (χ1) is 16.2. The van der Waals surface area contributed by atoms with Gasteiger partial charge in [0.1, 0.15) is 5.52 Å². The van der Waals surface area contributed by atoms with Crippen molar-refractivity contribution in [1.29, 1.82) is 0 Å². The Balaban J connectivity index is 1.73. The number of anilines is 3. The van der Waals surface area contributed by atoms with E-state index in [-0.39, 0.29) is 46.5 Å². The second kappa shape index (κ2) is 9.09. The number of pyridine rings is 1. The van der Waals surface area contributed by atoms with Crippen molar-refractivity contribution in [3.8, 4) is 22.6 Å². The van der Waals surface area contributed by atoms with Gasteiger partial charge in [-0.05, 0) is 37.6 Å². The maximum absolute atomic E-state index is 15.1. The maximum atomic E-state index is 15.1. The van der Waals surface area contributed by atoms with Gasteiger partial charge < -0.3 is 11.5 Å². The Hall–Kier alpha value is -4.00. The summed E-state index contributed by atoms with van der Waals surface area (Å²) in [7, 11) is -3.91. The molecule has 0 aliphatic rings. The summed E-state index contributed by atoms with van der Waals surface area (Å²) >= 11 is 0. The number of alkyl halides is 1. The lowest BCUT2D eigenvalue weighted by atomic mass is 10.1. The molecule has 34 heavy (non-hydrogen) atoms. The van der Waals surface area contributed by atoms with Crippen molar-refractivity contribution >= 4 is 38.5 Å². The fraction of sp³-hybridized carbons (Fsp3) is 0.190. The van der Waals surface area contributed by atoms with Crippen molar-refractivity contribution in [1.82, 2.24) is 24.9 Å². The molecule has 0 unspecified atom stereocenters. The van der Waals surface area contributed by atoms with Gasteiger partial charge in [-0.2, -0.15) is 0 Å². The third-order valence-corrected chi connectivity index (χ3v) is 6.25. The van der Waals surface area contributed by atoms with E-state index in [1.54, 1.807) is 13.0 Å². The van der Waals surface area contributed by atoms with Crippen molar-refractivity contribution in [2.24, 2.45) is 0 Å². The van der Waals surface area contributed by atoms with Crippen LogP contribution in [-0.4, -0.2) is 45.8 Å². The summed E-state index contributed by atoms with van der Waals surface area (Å²) in [6, 6.07) is 7.33. The number of hydrogen-bond donors (Lipinski definition) is 3. The van der Waals surface area contributed by atoms with E-state index in [4.69, 9.17) is 11.5 Å². The molecule has 5 N–H and O–H groups in total. The van der Waals surface area contributed by atoms with Gasteiger partial charge in [-0.1, -0.05) is 6.07 Å². The topological polar surface area (TPSA) is 163 Å². The van der Waals surface area contributed by atoms with E-state index in [0.717, 1.165) is 0 Å². The van der Waals surface area contributed by atoms with Gasteiger partial charge in [0.2, 0.25) is 16.0 Å². The molecule has 0 bridgehead atoms. The second-order valence-electron chi connectivity index (χ2n) is 7.35. The molecule has 0 radical (unpaired) electrons. The Morgan fingerprint density at radius 1 is 1.03 bits per heavy atom. The fourth-order valence-corrected chi connectivity index (χ4v) is 4.37. The van der Waals surface area contributed by atoms with Gasteiger partial charge >= 0.3 is 0 Å². The molecular formula is C21H20F2N8O2S. The van der Waals surface area contributed by atoms with Gasteiger partial charge in [0.15, 0.2) is 17.5 Å². The number of nitrogens with two attached hydrogens (primary N) is 2. The van der Waals surface area contributed by atoms with Crippen LogP contribution in [0.15, 0.2) is 36.5 Å². The average molecular weight is 487 g/mol. The number of nitrogen functional groups attached to an aromatic ring is 2. The number of aromatic nitrogens is 5. The molecule has 0 aliphatic carbocycles. The molecule has 176 valence electrons. The predicted molar refractivity (Wildman–Crippen MR) is 125 cm³/mol. The zero-order valence-electron chi connectivity index (χ0n) is 18.0. The number of hydrogen-bond acceptors (Lipinski definition) is 9. The second-order valence-corrected chi connectivity index (χ2v) is 9.20. The highest BCUT2D eigenvalue weighted by atomic mass is 32.2. The molecule has 0 atom stereocenters. The number of sulfonamides is 1. The van der Waals surface area contributed by atoms with Crippen LogP contribution in [0.1, 0.15) is 12.1 Å². The van der Waals surface area contributed by atoms with Crippen molar-refractivity contribution in [3.05, 3.63) is 48.0 Å². The van der Waals surface area contributed by atoms with Crippen molar-refractivity contribution < 1.29 is 17.2 Å². The number of fused-ring (bicyclic) bond motifs is 1. The van der Waals surface area contributed by atoms with E-state index >= 15 is 4.39 Å². The van der Waals surface area contributed by atoms with Crippen LogP contribution < -0.4 is 16.2 Å². The number of rotatable bonds is 7. The zero-order valence-corrected chi connectivity index (χ0v) is 18.8. The molecular weight excluding hydrogens is 466 g/mol. The molecule has 3 aromatic heterocycles. The number of aryl methyl sites for hydroxylation is 1. The highest BCUT2D eigenvalue weighted by Gasteiger charge is 2.18. The fourth-order valence-electron chi connectivity index (χ4n) is 3.28. The van der Waals surface area contributed by atoms with E-state index < -0.39 is 28.3 Å². The van der Waals surface area contributed by atoms with Crippen molar-refractivity contribution in [3.63, 3.8) is 0 Å².